The van der Waals surface area contributed by atoms with Crippen molar-refractivity contribution in [2.45, 2.75) is 25.3 Å². The number of amides is 1. The fraction of sp³-hybridized carbons (Fsp3) is 0.417. The monoisotopic (exact) mass is 220 g/mol. The van der Waals surface area contributed by atoms with Gasteiger partial charge in [-0.2, -0.15) is 0 Å². The molecule has 0 aliphatic heterocycles. The van der Waals surface area contributed by atoms with Gasteiger partial charge in [0.05, 0.1) is 7.11 Å². The van der Waals surface area contributed by atoms with E-state index in [9.17, 15) is 4.79 Å². The second-order valence-corrected chi connectivity index (χ2v) is 4.44. The van der Waals surface area contributed by atoms with Crippen molar-refractivity contribution < 1.29 is 9.53 Å². The van der Waals surface area contributed by atoms with Crippen molar-refractivity contribution in [1.82, 2.24) is 5.32 Å². The first-order valence-electron chi connectivity index (χ1n) is 5.31. The summed E-state index contributed by atoms with van der Waals surface area (Å²) in [5.74, 6) is 0.358. The Hall–Kier alpha value is -1.71. The number of anilines is 1. The zero-order valence-corrected chi connectivity index (χ0v) is 9.54. The van der Waals surface area contributed by atoms with E-state index in [2.05, 4.69) is 5.32 Å². The Morgan fingerprint density at radius 3 is 2.75 bits per heavy atom. The Labute approximate surface area is 94.8 Å². The third-order valence-electron chi connectivity index (χ3n) is 2.92. The zero-order valence-electron chi connectivity index (χ0n) is 9.54. The molecule has 1 fully saturated rings. The lowest BCUT2D eigenvalue weighted by Crippen LogP contribution is -2.34. The third kappa shape index (κ3) is 1.96. The molecule has 0 radical (unpaired) electrons. The van der Waals surface area contributed by atoms with Gasteiger partial charge in [-0.15, -0.1) is 0 Å². The van der Waals surface area contributed by atoms with Crippen molar-refractivity contribution in [3.05, 3.63) is 23.8 Å². The Kier molecular flexibility index (Phi) is 2.50. The van der Waals surface area contributed by atoms with Crippen LogP contribution >= 0.6 is 0 Å². The quantitative estimate of drug-likeness (QED) is 0.760. The predicted octanol–water partition coefficient (Wildman–Crippen LogP) is 1.56. The SMILES string of the molecule is COc1cccc(N)c1C(=O)NC1(C)CC1. The number of carbonyl (C=O) groups is 1. The second kappa shape index (κ2) is 3.70. The van der Waals surface area contributed by atoms with E-state index in [0.717, 1.165) is 12.8 Å². The molecule has 1 aliphatic rings. The molecule has 4 heteroatoms. The summed E-state index contributed by atoms with van der Waals surface area (Å²) >= 11 is 0. The number of hydrogen-bond acceptors (Lipinski definition) is 3. The van der Waals surface area contributed by atoms with Crippen LogP contribution in [-0.4, -0.2) is 18.6 Å². The van der Waals surface area contributed by atoms with Gasteiger partial charge in [-0.05, 0) is 31.9 Å². The van der Waals surface area contributed by atoms with Crippen LogP contribution < -0.4 is 15.8 Å². The van der Waals surface area contributed by atoms with Gasteiger partial charge in [0, 0.05) is 11.2 Å². The lowest BCUT2D eigenvalue weighted by molar-refractivity contribution is 0.0933. The van der Waals surface area contributed by atoms with Crippen molar-refractivity contribution in [2.75, 3.05) is 12.8 Å². The van der Waals surface area contributed by atoms with Crippen molar-refractivity contribution in [1.29, 1.82) is 0 Å². The van der Waals surface area contributed by atoms with Crippen LogP contribution in [0.4, 0.5) is 5.69 Å². The Morgan fingerprint density at radius 1 is 1.50 bits per heavy atom. The maximum absolute atomic E-state index is 12.0. The number of hydrogen-bond donors (Lipinski definition) is 2. The van der Waals surface area contributed by atoms with E-state index < -0.39 is 0 Å². The fourth-order valence-electron chi connectivity index (χ4n) is 1.61. The number of rotatable bonds is 3. The standard InChI is InChI=1S/C12H16N2O2/c1-12(6-7-12)14-11(15)10-8(13)4-3-5-9(10)16-2/h3-5H,6-7,13H2,1-2H3,(H,14,15). The maximum Gasteiger partial charge on any atom is 0.257 e. The summed E-state index contributed by atoms with van der Waals surface area (Å²) in [7, 11) is 1.53. The molecule has 86 valence electrons. The highest BCUT2D eigenvalue weighted by atomic mass is 16.5. The lowest BCUT2D eigenvalue weighted by atomic mass is 10.1. The molecule has 4 nitrogen and oxygen atoms in total. The maximum atomic E-state index is 12.0. The topological polar surface area (TPSA) is 64.3 Å². The molecule has 0 unspecified atom stereocenters. The van der Waals surface area contributed by atoms with E-state index in [-0.39, 0.29) is 11.4 Å². The molecular weight excluding hydrogens is 204 g/mol. The van der Waals surface area contributed by atoms with Crippen molar-refractivity contribution in [3.8, 4) is 5.75 Å². The fourth-order valence-corrected chi connectivity index (χ4v) is 1.61. The van der Waals surface area contributed by atoms with Gasteiger partial charge < -0.3 is 15.8 Å². The van der Waals surface area contributed by atoms with E-state index in [1.165, 1.54) is 7.11 Å². The van der Waals surface area contributed by atoms with Crippen molar-refractivity contribution in [2.24, 2.45) is 0 Å². The molecule has 0 bridgehead atoms. The van der Waals surface area contributed by atoms with Crippen LogP contribution in [0.5, 0.6) is 5.75 Å². The first-order valence-corrected chi connectivity index (χ1v) is 5.31. The van der Waals surface area contributed by atoms with Crippen LogP contribution in [0.3, 0.4) is 0 Å². The molecule has 3 N–H and O–H groups in total. The minimum Gasteiger partial charge on any atom is -0.496 e. The molecule has 0 atom stereocenters. The molecule has 16 heavy (non-hydrogen) atoms. The van der Waals surface area contributed by atoms with Crippen LogP contribution in [0.1, 0.15) is 30.1 Å². The number of benzene rings is 1. The van der Waals surface area contributed by atoms with Gasteiger partial charge in [-0.3, -0.25) is 4.79 Å². The number of carbonyl (C=O) groups excluding carboxylic acids is 1. The van der Waals surface area contributed by atoms with E-state index in [4.69, 9.17) is 10.5 Å². The predicted molar refractivity (Wildman–Crippen MR) is 62.5 cm³/mol. The summed E-state index contributed by atoms with van der Waals surface area (Å²) in [6.45, 7) is 2.02. The van der Waals surface area contributed by atoms with Crippen LogP contribution in [0.2, 0.25) is 0 Å². The third-order valence-corrected chi connectivity index (χ3v) is 2.92. The van der Waals surface area contributed by atoms with Gasteiger partial charge in [-0.25, -0.2) is 0 Å². The number of methoxy groups -OCH3 is 1. The molecule has 1 aliphatic carbocycles. The Bertz CT molecular complexity index is 425. The summed E-state index contributed by atoms with van der Waals surface area (Å²) < 4.78 is 5.14. The average molecular weight is 220 g/mol. The number of nitrogens with two attached hydrogens (primary N) is 1. The minimum absolute atomic E-state index is 0.0512. The van der Waals surface area contributed by atoms with Gasteiger partial charge in [0.25, 0.3) is 5.91 Å². The molecule has 0 saturated heterocycles. The number of nitrogens with one attached hydrogen (secondary N) is 1. The number of ether oxygens (including phenoxy) is 1. The highest BCUT2D eigenvalue weighted by Gasteiger charge is 2.39. The normalized spacial score (nSPS) is 16.6. The van der Waals surface area contributed by atoms with Gasteiger partial charge >= 0.3 is 0 Å². The van der Waals surface area contributed by atoms with Gasteiger partial charge in [0.2, 0.25) is 0 Å². The summed E-state index contributed by atoms with van der Waals surface area (Å²) in [5.41, 5.74) is 6.62. The van der Waals surface area contributed by atoms with E-state index in [1.807, 2.05) is 6.92 Å². The summed E-state index contributed by atoms with van der Waals surface area (Å²) in [4.78, 5) is 12.0. The zero-order chi connectivity index (χ0) is 11.8. The van der Waals surface area contributed by atoms with Crippen LogP contribution in [0.15, 0.2) is 18.2 Å². The molecule has 1 aromatic rings. The highest BCUT2D eigenvalue weighted by molar-refractivity contribution is 6.02. The molecule has 0 spiro atoms. The molecule has 2 rings (SSSR count). The first kappa shape index (κ1) is 10.8. The number of nitrogen functional groups attached to an aromatic ring is 1. The first-order chi connectivity index (χ1) is 7.56. The van der Waals surface area contributed by atoms with E-state index >= 15 is 0 Å². The van der Waals surface area contributed by atoms with Gasteiger partial charge in [-0.1, -0.05) is 6.07 Å². The molecule has 0 aromatic heterocycles. The molecule has 1 amide bonds. The minimum atomic E-state index is -0.157. The van der Waals surface area contributed by atoms with E-state index in [0.29, 0.717) is 17.0 Å². The van der Waals surface area contributed by atoms with Gasteiger partial charge in [0.15, 0.2) is 0 Å². The van der Waals surface area contributed by atoms with Gasteiger partial charge in [0.1, 0.15) is 11.3 Å². The van der Waals surface area contributed by atoms with E-state index in [1.54, 1.807) is 18.2 Å². The highest BCUT2D eigenvalue weighted by Crippen LogP contribution is 2.35. The van der Waals surface area contributed by atoms with Crippen LogP contribution in [-0.2, 0) is 0 Å². The largest absolute Gasteiger partial charge is 0.496 e. The molecular formula is C12H16N2O2. The van der Waals surface area contributed by atoms with Crippen LogP contribution in [0.25, 0.3) is 0 Å². The lowest BCUT2D eigenvalue weighted by Gasteiger charge is -2.15. The smallest absolute Gasteiger partial charge is 0.257 e. The van der Waals surface area contributed by atoms with Crippen LogP contribution in [0, 0.1) is 0 Å². The molecule has 0 heterocycles. The molecule has 1 aromatic carbocycles. The summed E-state index contributed by atoms with van der Waals surface area (Å²) in [6, 6.07) is 5.21. The Balaban J connectivity index is 2.27. The summed E-state index contributed by atoms with van der Waals surface area (Å²) in [6.07, 6.45) is 2.04. The van der Waals surface area contributed by atoms with Crippen molar-refractivity contribution >= 4 is 11.6 Å². The summed E-state index contributed by atoms with van der Waals surface area (Å²) in [5, 5.41) is 2.96. The molecule has 1 saturated carbocycles. The Morgan fingerprint density at radius 2 is 2.19 bits per heavy atom. The average Bonchev–Trinajstić information content (AvgIpc) is 2.95. The van der Waals surface area contributed by atoms with Crippen molar-refractivity contribution in [3.63, 3.8) is 0 Å². The second-order valence-electron chi connectivity index (χ2n) is 4.44.